The van der Waals surface area contributed by atoms with E-state index in [1.54, 1.807) is 73.4 Å². The van der Waals surface area contributed by atoms with Gasteiger partial charge in [0.05, 0.1) is 32.7 Å². The van der Waals surface area contributed by atoms with E-state index in [-0.39, 0.29) is 24.0 Å². The maximum atomic E-state index is 13.2. The number of aromatic nitrogens is 4. The number of nitrogens with one attached hydrogen (secondary N) is 1. The van der Waals surface area contributed by atoms with E-state index < -0.39 is 49.5 Å². The molecule has 8 rings (SSSR count). The van der Waals surface area contributed by atoms with Crippen molar-refractivity contribution in [2.45, 2.75) is 30.1 Å². The Hall–Kier alpha value is -7.01. The van der Waals surface area contributed by atoms with Crippen LogP contribution in [-0.4, -0.2) is 89.2 Å². The lowest BCUT2D eigenvalue weighted by Crippen LogP contribution is -2.46. The molecule has 62 heavy (non-hydrogen) atoms. The third-order valence-electron chi connectivity index (χ3n) is 10.5. The fourth-order valence-corrected chi connectivity index (χ4v) is 7.44. The topological polar surface area (TPSA) is 175 Å². The lowest BCUT2D eigenvalue weighted by molar-refractivity contribution is -0.181. The molecule has 0 bridgehead atoms. The van der Waals surface area contributed by atoms with E-state index in [0.717, 1.165) is 16.7 Å². The highest BCUT2D eigenvalue weighted by Gasteiger charge is 2.52. The van der Waals surface area contributed by atoms with Gasteiger partial charge in [-0.2, -0.15) is 0 Å². The number of carbonyl (C=O) groups excluding carboxylic acids is 2. The Kier molecular flexibility index (Phi) is 12.9. The molecule has 1 amide bonds. The zero-order valence-corrected chi connectivity index (χ0v) is 33.8. The number of rotatable bonds is 17. The Balaban J connectivity index is 1.19. The maximum Gasteiger partial charge on any atom is 0.340 e. The third-order valence-corrected chi connectivity index (χ3v) is 10.5. The molecule has 1 saturated heterocycles. The minimum atomic E-state index is -1.35. The van der Waals surface area contributed by atoms with Gasteiger partial charge in [-0.1, -0.05) is 91.0 Å². The van der Waals surface area contributed by atoms with E-state index in [0.29, 0.717) is 28.3 Å². The van der Waals surface area contributed by atoms with E-state index >= 15 is 0 Å². The molecule has 0 unspecified atom stereocenters. The summed E-state index contributed by atoms with van der Waals surface area (Å²) in [6.07, 6.45) is -1.29. The monoisotopic (exact) mass is 837 g/mol. The lowest BCUT2D eigenvalue weighted by Gasteiger charge is -2.40. The zero-order chi connectivity index (χ0) is 42.9. The largest absolute Gasteiger partial charge is 0.497 e. The molecule has 0 aliphatic carbocycles. The predicted molar refractivity (Wildman–Crippen MR) is 225 cm³/mol. The van der Waals surface area contributed by atoms with Crippen LogP contribution in [0.2, 0.25) is 0 Å². The van der Waals surface area contributed by atoms with Gasteiger partial charge < -0.3 is 43.6 Å². The summed E-state index contributed by atoms with van der Waals surface area (Å²) in [5.41, 5.74) is 2.26. The van der Waals surface area contributed by atoms with Gasteiger partial charge in [0.25, 0.3) is 5.91 Å². The number of imidazole rings is 1. The molecule has 1 aliphatic rings. The van der Waals surface area contributed by atoms with Gasteiger partial charge in [0.15, 0.2) is 36.8 Å². The summed E-state index contributed by atoms with van der Waals surface area (Å²) in [4.78, 5) is 39.3. The van der Waals surface area contributed by atoms with Gasteiger partial charge in [-0.15, -0.1) is 0 Å². The molecule has 5 aromatic carbocycles. The van der Waals surface area contributed by atoms with Crippen LogP contribution in [0.15, 0.2) is 152 Å². The molecule has 1 aliphatic heterocycles. The number of aliphatic hydroxyl groups excluding tert-OH is 1. The fourth-order valence-electron chi connectivity index (χ4n) is 7.44. The number of aliphatic hydroxyl groups is 1. The molecule has 4 atom stereocenters. The number of carbonyl (C=O) groups is 2. The first-order valence-corrected chi connectivity index (χ1v) is 19.7. The molecule has 15 nitrogen and oxygen atoms in total. The molecule has 0 spiro atoms. The zero-order valence-electron chi connectivity index (χ0n) is 33.8. The van der Waals surface area contributed by atoms with Gasteiger partial charge in [0.2, 0.25) is 0 Å². The summed E-state index contributed by atoms with van der Waals surface area (Å²) in [6.45, 7) is -1.28. The molecule has 2 N–H and O–H groups in total. The Morgan fingerprint density at radius 3 is 1.89 bits per heavy atom. The number of benzene rings is 5. The second-order valence-electron chi connectivity index (χ2n) is 14.1. The second kappa shape index (κ2) is 19.1. The molecular weight excluding hydrogens is 795 g/mol. The van der Waals surface area contributed by atoms with Crippen LogP contribution in [0.4, 0.5) is 5.82 Å². The predicted octanol–water partition coefficient (Wildman–Crippen LogP) is 6.54. The minimum Gasteiger partial charge on any atom is -0.497 e. The number of methoxy groups -OCH3 is 2. The SMILES string of the molecule is COc1ccc(C(O[C@H]2[C@@H](OCOCOC(=O)c3ccccc3)[C@H](n3cnc4c(NC(=O)c5ccccc5)ncnc43)O[C@@H]2CO)(c2ccccc2)c2ccc(OC)cc2)cc1. The van der Waals surface area contributed by atoms with Gasteiger partial charge in [0.1, 0.15) is 41.7 Å². The van der Waals surface area contributed by atoms with Crippen molar-refractivity contribution in [3.63, 3.8) is 0 Å². The van der Waals surface area contributed by atoms with Gasteiger partial charge in [0, 0.05) is 5.56 Å². The average Bonchev–Trinajstić information content (AvgIpc) is 3.92. The molecule has 316 valence electrons. The number of amides is 1. The fraction of sp³-hybridized carbons (Fsp3) is 0.213. The molecular formula is C47H43N5O10. The van der Waals surface area contributed by atoms with Gasteiger partial charge in [-0.3, -0.25) is 9.36 Å². The minimum absolute atomic E-state index is 0.176. The van der Waals surface area contributed by atoms with Crippen LogP contribution in [0.25, 0.3) is 11.2 Å². The maximum absolute atomic E-state index is 13.2. The van der Waals surface area contributed by atoms with Crippen molar-refractivity contribution in [1.82, 2.24) is 19.5 Å². The number of esters is 1. The average molecular weight is 838 g/mol. The highest BCUT2D eigenvalue weighted by Crippen LogP contribution is 2.46. The summed E-state index contributed by atoms with van der Waals surface area (Å²) in [5, 5.41) is 13.9. The van der Waals surface area contributed by atoms with Crippen molar-refractivity contribution >= 4 is 28.9 Å². The first-order chi connectivity index (χ1) is 30.4. The Bertz CT molecular complexity index is 2510. The highest BCUT2D eigenvalue weighted by atomic mass is 16.8. The van der Waals surface area contributed by atoms with Crippen LogP contribution in [0.5, 0.6) is 11.5 Å². The van der Waals surface area contributed by atoms with Crippen molar-refractivity contribution < 1.29 is 47.9 Å². The van der Waals surface area contributed by atoms with Crippen molar-refractivity contribution in [2.24, 2.45) is 0 Å². The molecule has 1 fully saturated rings. The van der Waals surface area contributed by atoms with Crippen LogP contribution in [0.3, 0.4) is 0 Å². The Morgan fingerprint density at radius 2 is 1.29 bits per heavy atom. The summed E-state index contributed by atoms with van der Waals surface area (Å²) < 4.78 is 44.5. The van der Waals surface area contributed by atoms with E-state index in [1.165, 1.54) is 12.7 Å². The van der Waals surface area contributed by atoms with E-state index in [9.17, 15) is 14.7 Å². The molecule has 7 aromatic rings. The standard InChI is InChI=1S/C47H43N5O10/c1-56-36-22-18-34(19-23-36)47(33-16-10-5-11-17-33,35-20-24-37(57-2)25-21-35)62-40-38(26-53)61-45(41(40)59-29-58-30-60-46(55)32-14-8-4-9-15-32)52-28-50-39-42(48-27-49-43(39)52)51-44(54)31-12-6-3-7-13-31/h3-25,27-28,38,40-41,45,53H,26,29-30H2,1-2H3,(H,48,49,51,54)/t38-,40-,41-,45-/m1/s1. The molecule has 2 aromatic heterocycles. The number of hydrogen-bond donors (Lipinski definition) is 2. The second-order valence-corrected chi connectivity index (χ2v) is 14.1. The number of nitrogens with zero attached hydrogens (tertiary/aromatic N) is 4. The summed E-state index contributed by atoms with van der Waals surface area (Å²) in [6, 6.07) is 42.0. The number of anilines is 1. The van der Waals surface area contributed by atoms with Gasteiger partial charge in [-0.25, -0.2) is 19.7 Å². The van der Waals surface area contributed by atoms with E-state index in [1.807, 2.05) is 84.9 Å². The molecule has 3 heterocycles. The van der Waals surface area contributed by atoms with Gasteiger partial charge >= 0.3 is 5.97 Å². The van der Waals surface area contributed by atoms with Crippen LogP contribution in [0.1, 0.15) is 43.6 Å². The smallest absolute Gasteiger partial charge is 0.340 e. The van der Waals surface area contributed by atoms with Gasteiger partial charge in [-0.05, 0) is 65.2 Å². The van der Waals surface area contributed by atoms with Crippen LogP contribution < -0.4 is 14.8 Å². The Morgan fingerprint density at radius 1 is 0.710 bits per heavy atom. The number of hydrogen-bond acceptors (Lipinski definition) is 13. The van der Waals surface area contributed by atoms with Crippen LogP contribution in [-0.2, 0) is 29.3 Å². The summed E-state index contributed by atoms with van der Waals surface area (Å²) in [7, 11) is 3.19. The number of fused-ring (bicyclic) bond motifs is 1. The first-order valence-electron chi connectivity index (χ1n) is 19.7. The van der Waals surface area contributed by atoms with E-state index in [4.69, 9.17) is 33.2 Å². The molecule has 15 heteroatoms. The third kappa shape index (κ3) is 8.61. The molecule has 0 radical (unpaired) electrons. The van der Waals surface area contributed by atoms with Crippen LogP contribution >= 0.6 is 0 Å². The van der Waals surface area contributed by atoms with Crippen molar-refractivity contribution in [2.75, 3.05) is 39.7 Å². The van der Waals surface area contributed by atoms with Crippen molar-refractivity contribution in [3.05, 3.63) is 180 Å². The summed E-state index contributed by atoms with van der Waals surface area (Å²) >= 11 is 0. The lowest BCUT2D eigenvalue weighted by atomic mass is 9.79. The van der Waals surface area contributed by atoms with Crippen LogP contribution in [0, 0.1) is 0 Å². The summed E-state index contributed by atoms with van der Waals surface area (Å²) in [5.74, 6) is 0.507. The highest BCUT2D eigenvalue weighted by molar-refractivity contribution is 6.06. The van der Waals surface area contributed by atoms with E-state index in [2.05, 4.69) is 20.3 Å². The van der Waals surface area contributed by atoms with Crippen molar-refractivity contribution in [3.8, 4) is 11.5 Å². The Labute approximate surface area is 356 Å². The quantitative estimate of drug-likeness (QED) is 0.0439. The van der Waals surface area contributed by atoms with Crippen molar-refractivity contribution in [1.29, 1.82) is 0 Å². The normalized spacial score (nSPS) is 17.4. The first kappa shape index (κ1) is 41.7. The number of ether oxygens (including phenoxy) is 7. The molecule has 0 saturated carbocycles.